The number of likely N-dealkylation sites (N-methyl/N-ethyl adjacent to an activating group) is 1. The van der Waals surface area contributed by atoms with Crippen LogP contribution in [0.15, 0.2) is 30.3 Å². The second-order valence-electron chi connectivity index (χ2n) is 6.78. The van der Waals surface area contributed by atoms with Crippen molar-refractivity contribution >= 4 is 11.6 Å². The summed E-state index contributed by atoms with van der Waals surface area (Å²) in [6.07, 6.45) is 2.12. The second-order valence-corrected chi connectivity index (χ2v) is 6.78. The van der Waals surface area contributed by atoms with Gasteiger partial charge in [0.2, 0.25) is 5.91 Å². The van der Waals surface area contributed by atoms with Gasteiger partial charge in [0, 0.05) is 25.3 Å². The van der Waals surface area contributed by atoms with Crippen molar-refractivity contribution in [3.8, 4) is 0 Å². The maximum Gasteiger partial charge on any atom is 0.244 e. The Morgan fingerprint density at radius 3 is 2.81 bits per heavy atom. The first-order chi connectivity index (χ1) is 10.1. The number of anilines is 1. The number of nitrogens with zero attached hydrogens (tertiary/aromatic N) is 2. The first-order valence-corrected chi connectivity index (χ1v) is 7.86. The van der Waals surface area contributed by atoms with E-state index in [9.17, 15) is 4.79 Å². The Balaban J connectivity index is 1.66. The molecule has 0 bridgehead atoms. The van der Waals surface area contributed by atoms with Gasteiger partial charge in [-0.05, 0) is 44.0 Å². The molecule has 4 nitrogen and oxygen atoms in total. The monoisotopic (exact) mass is 287 g/mol. The summed E-state index contributed by atoms with van der Waals surface area (Å²) in [5, 5.41) is 3.43. The summed E-state index contributed by atoms with van der Waals surface area (Å²) in [7, 11) is 2.10. The number of hydrogen-bond acceptors (Lipinski definition) is 3. The zero-order valence-corrected chi connectivity index (χ0v) is 13.0. The number of hydrogen-bond donors (Lipinski definition) is 1. The van der Waals surface area contributed by atoms with E-state index >= 15 is 0 Å². The summed E-state index contributed by atoms with van der Waals surface area (Å²) in [5.74, 6) is 0.248. The Morgan fingerprint density at radius 2 is 2.14 bits per heavy atom. The van der Waals surface area contributed by atoms with Crippen LogP contribution in [0, 0.1) is 5.41 Å². The molecule has 3 rings (SSSR count). The highest BCUT2D eigenvalue weighted by molar-refractivity contribution is 5.99. The van der Waals surface area contributed by atoms with Crippen LogP contribution in [0.3, 0.4) is 0 Å². The molecule has 1 aromatic rings. The van der Waals surface area contributed by atoms with E-state index in [1.54, 1.807) is 0 Å². The Kier molecular flexibility index (Phi) is 4.00. The fourth-order valence-corrected chi connectivity index (χ4v) is 3.65. The lowest BCUT2D eigenvalue weighted by Crippen LogP contribution is -2.45. The number of carbonyl (C=O) groups is 1. The quantitative estimate of drug-likeness (QED) is 0.916. The van der Waals surface area contributed by atoms with Crippen molar-refractivity contribution in [2.24, 2.45) is 5.41 Å². The molecule has 2 atom stereocenters. The lowest BCUT2D eigenvalue weighted by Gasteiger charge is -2.32. The Labute approximate surface area is 127 Å². The van der Waals surface area contributed by atoms with Crippen LogP contribution in [0.4, 0.5) is 5.69 Å². The molecule has 2 unspecified atom stereocenters. The third-order valence-electron chi connectivity index (χ3n) is 4.87. The highest BCUT2D eigenvalue weighted by atomic mass is 16.2. The van der Waals surface area contributed by atoms with E-state index in [0.717, 1.165) is 38.3 Å². The smallest absolute Gasteiger partial charge is 0.244 e. The van der Waals surface area contributed by atoms with Crippen molar-refractivity contribution in [3.05, 3.63) is 30.3 Å². The standard InChI is InChI=1S/C17H25N3O/c1-17(9-10-18-12-17)13-19(2)15-8-11-20(16(15)21)14-6-4-3-5-7-14/h3-7,15,18H,8-13H2,1-2H3. The van der Waals surface area contributed by atoms with Gasteiger partial charge in [-0.3, -0.25) is 9.69 Å². The minimum Gasteiger partial charge on any atom is -0.316 e. The number of nitrogens with one attached hydrogen (secondary N) is 1. The molecule has 2 heterocycles. The van der Waals surface area contributed by atoms with Crippen molar-refractivity contribution in [3.63, 3.8) is 0 Å². The zero-order valence-electron chi connectivity index (χ0n) is 13.0. The van der Waals surface area contributed by atoms with Gasteiger partial charge in [-0.25, -0.2) is 0 Å². The fourth-order valence-electron chi connectivity index (χ4n) is 3.65. The largest absolute Gasteiger partial charge is 0.316 e. The fraction of sp³-hybridized carbons (Fsp3) is 0.588. The van der Waals surface area contributed by atoms with E-state index in [-0.39, 0.29) is 11.9 Å². The third kappa shape index (κ3) is 2.97. The van der Waals surface area contributed by atoms with Gasteiger partial charge in [0.05, 0.1) is 6.04 Å². The first-order valence-electron chi connectivity index (χ1n) is 7.86. The molecular weight excluding hydrogens is 262 g/mol. The van der Waals surface area contributed by atoms with E-state index in [1.165, 1.54) is 6.42 Å². The number of rotatable bonds is 4. The molecular formula is C17H25N3O. The van der Waals surface area contributed by atoms with Crippen molar-refractivity contribution in [2.75, 3.05) is 38.1 Å². The Bertz CT molecular complexity index is 496. The van der Waals surface area contributed by atoms with E-state index in [2.05, 4.69) is 24.2 Å². The van der Waals surface area contributed by atoms with Gasteiger partial charge in [0.1, 0.15) is 0 Å². The molecule has 2 fully saturated rings. The lowest BCUT2D eigenvalue weighted by atomic mass is 9.89. The first kappa shape index (κ1) is 14.5. The van der Waals surface area contributed by atoms with Crippen molar-refractivity contribution < 1.29 is 4.79 Å². The van der Waals surface area contributed by atoms with Crippen molar-refractivity contribution in [2.45, 2.75) is 25.8 Å². The summed E-state index contributed by atoms with van der Waals surface area (Å²) in [6.45, 7) is 6.28. The van der Waals surface area contributed by atoms with Crippen LogP contribution in [0.25, 0.3) is 0 Å². The van der Waals surface area contributed by atoms with Gasteiger partial charge in [-0.2, -0.15) is 0 Å². The maximum absolute atomic E-state index is 12.7. The van der Waals surface area contributed by atoms with Crippen molar-refractivity contribution in [1.29, 1.82) is 0 Å². The molecule has 114 valence electrons. The molecule has 21 heavy (non-hydrogen) atoms. The number of benzene rings is 1. The molecule has 0 aliphatic carbocycles. The molecule has 4 heteroatoms. The number of para-hydroxylation sites is 1. The summed E-state index contributed by atoms with van der Waals surface area (Å²) < 4.78 is 0. The molecule has 2 aliphatic rings. The van der Waals surface area contributed by atoms with Crippen LogP contribution in [0.5, 0.6) is 0 Å². The van der Waals surface area contributed by atoms with Gasteiger partial charge in [-0.15, -0.1) is 0 Å². The highest BCUT2D eigenvalue weighted by Crippen LogP contribution is 2.29. The minimum absolute atomic E-state index is 0.0302. The Hall–Kier alpha value is -1.39. The highest BCUT2D eigenvalue weighted by Gasteiger charge is 2.38. The topological polar surface area (TPSA) is 35.6 Å². The molecule has 2 saturated heterocycles. The van der Waals surface area contributed by atoms with Crippen LogP contribution >= 0.6 is 0 Å². The SMILES string of the molecule is CN(CC1(C)CCNC1)C1CCN(c2ccccc2)C1=O. The van der Waals surface area contributed by atoms with Crippen LogP contribution in [-0.4, -0.2) is 50.1 Å². The summed E-state index contributed by atoms with van der Waals surface area (Å²) in [5.41, 5.74) is 1.32. The van der Waals surface area contributed by atoms with E-state index in [1.807, 2.05) is 35.2 Å². The van der Waals surface area contributed by atoms with E-state index in [0.29, 0.717) is 5.41 Å². The molecule has 1 aromatic carbocycles. The Morgan fingerprint density at radius 1 is 1.38 bits per heavy atom. The minimum atomic E-state index is 0.0302. The molecule has 2 aliphatic heterocycles. The van der Waals surface area contributed by atoms with Crippen LogP contribution in [-0.2, 0) is 4.79 Å². The molecule has 0 aromatic heterocycles. The molecule has 0 saturated carbocycles. The van der Waals surface area contributed by atoms with Crippen molar-refractivity contribution in [1.82, 2.24) is 10.2 Å². The summed E-state index contributed by atoms with van der Waals surface area (Å²) in [4.78, 5) is 16.9. The predicted octanol–water partition coefficient (Wildman–Crippen LogP) is 1.72. The zero-order chi connectivity index (χ0) is 14.9. The average molecular weight is 287 g/mol. The lowest BCUT2D eigenvalue weighted by molar-refractivity contribution is -0.121. The van der Waals surface area contributed by atoms with Gasteiger partial charge < -0.3 is 10.2 Å². The molecule has 0 spiro atoms. The predicted molar refractivity (Wildman–Crippen MR) is 85.4 cm³/mol. The van der Waals surface area contributed by atoms with Gasteiger partial charge in [-0.1, -0.05) is 25.1 Å². The average Bonchev–Trinajstić information content (AvgIpc) is 3.06. The normalized spacial score (nSPS) is 29.6. The molecule has 1 N–H and O–H groups in total. The molecule has 1 amide bonds. The summed E-state index contributed by atoms with van der Waals surface area (Å²) >= 11 is 0. The van der Waals surface area contributed by atoms with Crippen LogP contribution in [0.2, 0.25) is 0 Å². The van der Waals surface area contributed by atoms with E-state index in [4.69, 9.17) is 0 Å². The van der Waals surface area contributed by atoms with Crippen LogP contribution < -0.4 is 10.2 Å². The van der Waals surface area contributed by atoms with Gasteiger partial charge in [0.25, 0.3) is 0 Å². The second kappa shape index (κ2) is 5.78. The van der Waals surface area contributed by atoms with E-state index < -0.39 is 0 Å². The number of amides is 1. The van der Waals surface area contributed by atoms with Gasteiger partial charge >= 0.3 is 0 Å². The maximum atomic E-state index is 12.7. The third-order valence-corrected chi connectivity index (χ3v) is 4.87. The van der Waals surface area contributed by atoms with Gasteiger partial charge in [0.15, 0.2) is 0 Å². The molecule has 0 radical (unpaired) electrons. The number of carbonyl (C=O) groups excluding carboxylic acids is 1. The summed E-state index contributed by atoms with van der Waals surface area (Å²) in [6, 6.07) is 10.0. The van der Waals surface area contributed by atoms with Crippen LogP contribution in [0.1, 0.15) is 19.8 Å².